The second-order valence-corrected chi connectivity index (χ2v) is 30.2. The van der Waals surface area contributed by atoms with Crippen LogP contribution >= 0.6 is 25.3 Å². The molecule has 42 heteroatoms. The summed E-state index contributed by atoms with van der Waals surface area (Å²) in [6.45, 7) is 6.91. The number of H-pyrrole nitrogens is 2. The van der Waals surface area contributed by atoms with Gasteiger partial charge in [0.25, 0.3) is 0 Å². The molecule has 0 aliphatic carbocycles. The number of amides is 15. The molecule has 5 aromatic rings. The Morgan fingerprint density at radius 1 is 0.462 bits per heavy atom. The number of primary amides is 1. The van der Waals surface area contributed by atoms with E-state index in [1.807, 2.05) is 12.1 Å². The standard InChI is InChI=1S/C77H104N18O22S2/c1-37(2)63(79)74(113)92-55(36-119)72(111)90-53(28-42-31-81-47-15-10-8-13-45(42)47)76(115)95-25-11-16-56(95)73(112)84-34-59(99)85-48(21-23-61(101)102)67(106)87-50(26-40-17-19-43(96)20-18-40)66(105)83-32-58(98)82-33-60(100)93-64(38(3)4)75(114)86-49(22-24-62(103)104)68(107)91-54(35-118)71(110)88-51(27-41-30-80-46-14-9-7-12-44(41)46)69(108)89-52(29-57(78)97)70(109)94-65(39(5)6)77(116)117/h7-10,12-15,17-20,30-31,37-39,48-56,63-65,80-81,96,118-119H,11,16,21-29,32-36,79H2,1-6H3,(H2,78,97)(H,82,98)(H,83,105)(H,84,112)(H,85,99)(H,86,114)(H,87,106)(H,88,110)(H,89,108)(H,90,111)(H,91,107)(H,92,113)(H,93,100)(H,94,109)(H,101,102)(H,103,104)(H,116,117)/t48-,49-,50-,51-,52-,53-,54-,55-,56-,63-,64-,65-/m0/s1. The van der Waals surface area contributed by atoms with E-state index >= 15 is 0 Å². The van der Waals surface area contributed by atoms with Gasteiger partial charge in [-0.15, -0.1) is 0 Å². The van der Waals surface area contributed by atoms with Crippen molar-refractivity contribution in [1.82, 2.24) is 84.0 Å². The Morgan fingerprint density at radius 2 is 0.899 bits per heavy atom. The molecule has 1 fully saturated rings. The van der Waals surface area contributed by atoms with Gasteiger partial charge < -0.3 is 116 Å². The van der Waals surface area contributed by atoms with Crippen LogP contribution in [0.25, 0.3) is 21.8 Å². The lowest BCUT2D eigenvalue weighted by molar-refractivity contribution is -0.144. The Morgan fingerprint density at radius 3 is 1.41 bits per heavy atom. The fraction of sp³-hybridized carbons (Fsp3) is 0.481. The van der Waals surface area contributed by atoms with Gasteiger partial charge in [-0.2, -0.15) is 25.3 Å². The normalized spacial score (nSPS) is 15.3. The molecule has 1 aliphatic rings. The Balaban J connectivity index is 1.08. The number of aromatic hydroxyl groups is 1. The van der Waals surface area contributed by atoms with Crippen LogP contribution in [-0.4, -0.2) is 252 Å². The Kier molecular flexibility index (Phi) is 36.9. The SMILES string of the molecule is CC(C)[C@H](N)C(=O)N[C@@H](CS)C(=O)N[C@@H](Cc1c[nH]c2ccccc12)C(=O)N1CCC[C@H]1C(=O)NCC(=O)N[C@@H](CCC(=O)O)C(=O)N[C@@H](Cc1ccc(O)cc1)C(=O)NCC(=O)NCC(=O)N[C@H](C(=O)N[C@@H](CCC(=O)O)C(=O)N[C@@H](CS)C(=O)N[C@@H](Cc1c[nH]c2ccccc12)C(=O)N[C@@H](CC(N)=O)C(=O)N[C@H](C(=O)O)C(C)C)C(C)C. The number of hydrogen-bond acceptors (Lipinski definition) is 22. The first-order chi connectivity index (χ1) is 56.3. The van der Waals surface area contributed by atoms with E-state index in [-0.39, 0.29) is 49.6 Å². The average molecular weight is 1700 g/mol. The van der Waals surface area contributed by atoms with Gasteiger partial charge in [-0.25, -0.2) is 4.79 Å². The molecule has 119 heavy (non-hydrogen) atoms. The summed E-state index contributed by atoms with van der Waals surface area (Å²) in [4.78, 5) is 250. The molecule has 1 saturated heterocycles. The molecular formula is C77H104N18O22S2. The molecule has 646 valence electrons. The van der Waals surface area contributed by atoms with E-state index in [9.17, 15) is 107 Å². The number of para-hydroxylation sites is 2. The molecule has 0 spiro atoms. The van der Waals surface area contributed by atoms with Gasteiger partial charge in [-0.1, -0.05) is 90.1 Å². The van der Waals surface area contributed by atoms with Gasteiger partial charge in [0.15, 0.2) is 0 Å². The molecule has 3 aromatic carbocycles. The summed E-state index contributed by atoms with van der Waals surface area (Å²) >= 11 is 8.51. The number of aromatic amines is 2. The summed E-state index contributed by atoms with van der Waals surface area (Å²) < 4.78 is 0. The third kappa shape index (κ3) is 29.4. The molecule has 0 saturated carbocycles. The lowest BCUT2D eigenvalue weighted by atomic mass is 10.0. The number of nitrogens with two attached hydrogens (primary N) is 2. The highest BCUT2D eigenvalue weighted by atomic mass is 32.1. The summed E-state index contributed by atoms with van der Waals surface area (Å²) in [7, 11) is 0. The van der Waals surface area contributed by atoms with E-state index in [4.69, 9.17) is 11.5 Å². The van der Waals surface area contributed by atoms with Crippen molar-refractivity contribution in [1.29, 1.82) is 0 Å². The van der Waals surface area contributed by atoms with Crippen molar-refractivity contribution in [2.75, 3.05) is 37.7 Å². The molecule has 1 aliphatic heterocycles. The van der Waals surface area contributed by atoms with Crippen molar-refractivity contribution in [3.8, 4) is 5.75 Å². The van der Waals surface area contributed by atoms with Gasteiger partial charge >= 0.3 is 17.9 Å². The molecule has 2 aromatic heterocycles. The lowest BCUT2D eigenvalue weighted by Gasteiger charge is -2.30. The zero-order chi connectivity index (χ0) is 88.1. The van der Waals surface area contributed by atoms with Crippen LogP contribution in [-0.2, 0) is 106 Å². The van der Waals surface area contributed by atoms with E-state index in [1.54, 1.807) is 62.6 Å². The Bertz CT molecular complexity index is 4520. The minimum atomic E-state index is -1.75. The van der Waals surface area contributed by atoms with E-state index in [2.05, 4.69) is 104 Å². The number of fused-ring (bicyclic) bond motifs is 2. The molecule has 40 nitrogen and oxygen atoms in total. The first-order valence-corrected chi connectivity index (χ1v) is 39.5. The molecule has 23 N–H and O–H groups in total. The molecule has 0 bridgehead atoms. The highest BCUT2D eigenvalue weighted by Gasteiger charge is 2.41. The zero-order valence-corrected chi connectivity index (χ0v) is 68.0. The van der Waals surface area contributed by atoms with Gasteiger partial charge in [0.05, 0.1) is 32.1 Å². The van der Waals surface area contributed by atoms with Gasteiger partial charge in [0, 0.05) is 84.4 Å². The molecule has 12 atom stereocenters. The Labute approximate surface area is 693 Å². The van der Waals surface area contributed by atoms with E-state index in [0.29, 0.717) is 34.0 Å². The van der Waals surface area contributed by atoms with E-state index < -0.39 is 248 Å². The first-order valence-electron chi connectivity index (χ1n) is 38.2. The number of benzene rings is 3. The van der Waals surface area contributed by atoms with Crippen molar-refractivity contribution in [3.63, 3.8) is 0 Å². The highest BCUT2D eigenvalue weighted by Crippen LogP contribution is 2.25. The molecule has 0 radical (unpaired) electrons. The van der Waals surface area contributed by atoms with Gasteiger partial charge in [0.1, 0.15) is 72.2 Å². The summed E-state index contributed by atoms with van der Waals surface area (Å²) in [5, 5.41) is 72.0. The largest absolute Gasteiger partial charge is 0.508 e. The molecule has 0 unspecified atom stereocenters. The topological polar surface area (TPSA) is 631 Å². The van der Waals surface area contributed by atoms with Crippen LogP contribution in [0.4, 0.5) is 0 Å². The number of phenolic OH excluding ortho intramolecular Hbond substituents is 1. The second-order valence-electron chi connectivity index (χ2n) is 29.5. The number of phenols is 1. The maximum atomic E-state index is 14.7. The summed E-state index contributed by atoms with van der Waals surface area (Å²) in [5.41, 5.74) is 14.3. The number of rotatable bonds is 47. The second kappa shape index (κ2) is 46.0. The van der Waals surface area contributed by atoms with Crippen molar-refractivity contribution < 1.29 is 107 Å². The zero-order valence-electron chi connectivity index (χ0n) is 66.2. The molecule has 15 amide bonds. The number of carbonyl (C=O) groups excluding carboxylic acids is 15. The number of aliphatic carboxylic acids is 3. The van der Waals surface area contributed by atoms with Crippen molar-refractivity contribution in [2.24, 2.45) is 29.2 Å². The van der Waals surface area contributed by atoms with Crippen LogP contribution in [0.15, 0.2) is 85.2 Å². The third-order valence-corrected chi connectivity index (χ3v) is 20.1. The number of nitrogens with zero attached hydrogens (tertiary/aromatic N) is 1. The highest BCUT2D eigenvalue weighted by molar-refractivity contribution is 7.80. The molecular weight excluding hydrogens is 1590 g/mol. The summed E-state index contributed by atoms with van der Waals surface area (Å²) in [6, 6.07) is 1.67. The maximum absolute atomic E-state index is 14.7. The summed E-state index contributed by atoms with van der Waals surface area (Å²) in [5.74, 6) is -21.3. The van der Waals surface area contributed by atoms with Crippen LogP contribution in [0.2, 0.25) is 0 Å². The smallest absolute Gasteiger partial charge is 0.326 e. The van der Waals surface area contributed by atoms with E-state index in [1.165, 1.54) is 56.9 Å². The monoisotopic (exact) mass is 1700 g/mol. The number of carbonyl (C=O) groups is 18. The number of likely N-dealkylation sites (tertiary alicyclic amines) is 1. The quantitative estimate of drug-likeness (QED) is 0.0167. The number of aromatic nitrogens is 2. The van der Waals surface area contributed by atoms with Crippen molar-refractivity contribution in [3.05, 3.63) is 102 Å². The number of thiol groups is 2. The van der Waals surface area contributed by atoms with Crippen LogP contribution < -0.4 is 80.6 Å². The van der Waals surface area contributed by atoms with Crippen LogP contribution in [0.3, 0.4) is 0 Å². The minimum Gasteiger partial charge on any atom is -0.508 e. The number of carboxylic acids is 3. The van der Waals surface area contributed by atoms with Gasteiger partial charge in [0.2, 0.25) is 88.6 Å². The average Bonchev–Trinajstić information content (AvgIpc) is 1.70. The number of nitrogens with one attached hydrogen (secondary N) is 15. The minimum absolute atomic E-state index is 0.0475. The molecule has 6 rings (SSSR count). The van der Waals surface area contributed by atoms with Crippen molar-refractivity contribution >= 4 is 154 Å². The van der Waals surface area contributed by atoms with Crippen LogP contribution in [0, 0.1) is 17.8 Å². The predicted molar refractivity (Wildman–Crippen MR) is 434 cm³/mol. The first kappa shape index (κ1) is 95.5. The molecule has 3 heterocycles. The Hall–Kier alpha value is -12.3. The fourth-order valence-electron chi connectivity index (χ4n) is 12.7. The van der Waals surface area contributed by atoms with E-state index in [0.717, 1.165) is 10.9 Å². The lowest BCUT2D eigenvalue weighted by Crippen LogP contribution is -2.61. The van der Waals surface area contributed by atoms with Crippen LogP contribution in [0.5, 0.6) is 5.75 Å². The number of carboxylic acid groups (broad SMARTS) is 3. The predicted octanol–water partition coefficient (Wildman–Crippen LogP) is -3.59. The number of hydrogen-bond donors (Lipinski definition) is 23. The van der Waals surface area contributed by atoms with Gasteiger partial charge in [-0.3, -0.25) is 81.5 Å². The van der Waals surface area contributed by atoms with Gasteiger partial charge in [-0.05, 0) is 84.4 Å². The summed E-state index contributed by atoms with van der Waals surface area (Å²) in [6.07, 6.45) is -0.479. The van der Waals surface area contributed by atoms with Crippen molar-refractivity contribution in [2.45, 2.75) is 178 Å². The fourth-order valence-corrected chi connectivity index (χ4v) is 13.2. The third-order valence-electron chi connectivity index (χ3n) is 19.4. The van der Waals surface area contributed by atoms with Crippen LogP contribution in [0.1, 0.15) is 103 Å². The maximum Gasteiger partial charge on any atom is 0.326 e.